The largest absolute Gasteiger partial charge is 0.355 e. The van der Waals surface area contributed by atoms with Crippen molar-refractivity contribution in [3.63, 3.8) is 0 Å². The first-order valence-corrected chi connectivity index (χ1v) is 7.30. The molecule has 17 heavy (non-hydrogen) atoms. The molecule has 0 heterocycles. The number of carbonyl (C=O) groups excluding carboxylic acids is 1. The highest BCUT2D eigenvalue weighted by molar-refractivity contribution is 5.80. The van der Waals surface area contributed by atoms with E-state index in [1.807, 2.05) is 0 Å². The highest BCUT2D eigenvalue weighted by Crippen LogP contribution is 2.28. The predicted molar refractivity (Wildman–Crippen MR) is 69.8 cm³/mol. The zero-order valence-corrected chi connectivity index (χ0v) is 11.0. The fourth-order valence-electron chi connectivity index (χ4n) is 2.80. The van der Waals surface area contributed by atoms with Gasteiger partial charge in [0.25, 0.3) is 0 Å². The molecule has 3 heteroatoms. The summed E-state index contributed by atoms with van der Waals surface area (Å²) in [5.41, 5.74) is 0. The molecule has 2 fully saturated rings. The lowest BCUT2D eigenvalue weighted by molar-refractivity contribution is -0.122. The third kappa shape index (κ3) is 4.30. The highest BCUT2D eigenvalue weighted by Gasteiger charge is 2.29. The zero-order chi connectivity index (χ0) is 12.1. The molecule has 2 N–H and O–H groups in total. The van der Waals surface area contributed by atoms with Gasteiger partial charge in [-0.25, -0.2) is 0 Å². The molecule has 0 bridgehead atoms. The summed E-state index contributed by atoms with van der Waals surface area (Å²) in [4.78, 5) is 11.4. The minimum Gasteiger partial charge on any atom is -0.355 e. The predicted octanol–water partition coefficient (Wildman–Crippen LogP) is 2.07. The van der Waals surface area contributed by atoms with Gasteiger partial charge in [0.15, 0.2) is 0 Å². The van der Waals surface area contributed by atoms with Gasteiger partial charge in [-0.1, -0.05) is 26.2 Å². The van der Waals surface area contributed by atoms with Gasteiger partial charge in [0, 0.05) is 25.0 Å². The van der Waals surface area contributed by atoms with Crippen molar-refractivity contribution in [3.05, 3.63) is 0 Å². The van der Waals surface area contributed by atoms with Gasteiger partial charge < -0.3 is 10.6 Å². The third-order valence-electron chi connectivity index (χ3n) is 4.17. The number of hydrogen-bond donors (Lipinski definition) is 2. The normalized spacial score (nSPS) is 29.0. The van der Waals surface area contributed by atoms with Crippen LogP contribution in [-0.2, 0) is 4.79 Å². The zero-order valence-electron chi connectivity index (χ0n) is 11.0. The van der Waals surface area contributed by atoms with Crippen LogP contribution in [0.1, 0.15) is 51.9 Å². The second-order valence-electron chi connectivity index (χ2n) is 5.66. The Kier molecular flexibility index (Phi) is 4.84. The fraction of sp³-hybridized carbons (Fsp3) is 0.929. The Labute approximate surface area is 105 Å². The van der Waals surface area contributed by atoms with E-state index in [1.54, 1.807) is 0 Å². The Morgan fingerprint density at radius 2 is 2.00 bits per heavy atom. The first-order chi connectivity index (χ1) is 8.29. The van der Waals surface area contributed by atoms with Crippen LogP contribution in [0.25, 0.3) is 0 Å². The van der Waals surface area contributed by atoms with Crippen molar-refractivity contribution in [3.8, 4) is 0 Å². The van der Waals surface area contributed by atoms with Gasteiger partial charge in [0.2, 0.25) is 5.91 Å². The van der Waals surface area contributed by atoms with E-state index in [-0.39, 0.29) is 5.91 Å². The van der Waals surface area contributed by atoms with Crippen LogP contribution >= 0.6 is 0 Å². The summed E-state index contributed by atoms with van der Waals surface area (Å²) in [6, 6.07) is 0.687. The topological polar surface area (TPSA) is 41.1 Å². The quantitative estimate of drug-likeness (QED) is 0.696. The van der Waals surface area contributed by atoms with E-state index in [0.29, 0.717) is 12.0 Å². The molecule has 2 rings (SSSR count). The van der Waals surface area contributed by atoms with Crippen molar-refractivity contribution >= 4 is 5.91 Å². The lowest BCUT2D eigenvalue weighted by Crippen LogP contribution is -2.39. The third-order valence-corrected chi connectivity index (χ3v) is 4.17. The average molecular weight is 238 g/mol. The van der Waals surface area contributed by atoms with E-state index in [4.69, 9.17) is 0 Å². The van der Waals surface area contributed by atoms with E-state index in [1.165, 1.54) is 32.1 Å². The van der Waals surface area contributed by atoms with Crippen LogP contribution in [0, 0.1) is 11.8 Å². The van der Waals surface area contributed by atoms with Gasteiger partial charge >= 0.3 is 0 Å². The average Bonchev–Trinajstić information content (AvgIpc) is 3.19. The molecule has 3 nitrogen and oxygen atoms in total. The second-order valence-corrected chi connectivity index (χ2v) is 5.66. The Balaban J connectivity index is 1.53. The summed E-state index contributed by atoms with van der Waals surface area (Å²) in [7, 11) is 0. The molecule has 98 valence electrons. The molecule has 0 aliphatic heterocycles. The molecule has 0 aromatic heterocycles. The highest BCUT2D eigenvalue weighted by atomic mass is 16.2. The lowest BCUT2D eigenvalue weighted by Gasteiger charge is -2.29. The molecule has 0 spiro atoms. The number of amides is 1. The van der Waals surface area contributed by atoms with Crippen LogP contribution in [0.15, 0.2) is 0 Å². The van der Waals surface area contributed by atoms with Crippen molar-refractivity contribution in [1.29, 1.82) is 0 Å². The van der Waals surface area contributed by atoms with E-state index in [2.05, 4.69) is 17.6 Å². The van der Waals surface area contributed by atoms with Gasteiger partial charge in [-0.2, -0.15) is 0 Å². The minimum atomic E-state index is 0.266. The summed E-state index contributed by atoms with van der Waals surface area (Å²) in [6.07, 6.45) is 8.93. The summed E-state index contributed by atoms with van der Waals surface area (Å²) in [6.45, 7) is 4.02. The molecule has 2 atom stereocenters. The molecule has 1 amide bonds. The molecule has 2 aliphatic rings. The Morgan fingerprint density at radius 1 is 1.18 bits per heavy atom. The molecule has 0 radical (unpaired) electrons. The Hall–Kier alpha value is -0.570. The molecule has 0 saturated heterocycles. The van der Waals surface area contributed by atoms with Crippen molar-refractivity contribution < 1.29 is 4.79 Å². The summed E-state index contributed by atoms with van der Waals surface area (Å²) >= 11 is 0. The van der Waals surface area contributed by atoms with Crippen LogP contribution in [-0.4, -0.2) is 25.0 Å². The number of hydrogen-bond acceptors (Lipinski definition) is 2. The number of rotatable bonds is 6. The van der Waals surface area contributed by atoms with Crippen molar-refractivity contribution in [2.45, 2.75) is 57.9 Å². The molecule has 2 aliphatic carbocycles. The van der Waals surface area contributed by atoms with Gasteiger partial charge in [0.1, 0.15) is 0 Å². The van der Waals surface area contributed by atoms with E-state index in [0.717, 1.165) is 31.8 Å². The van der Waals surface area contributed by atoms with Crippen molar-refractivity contribution in [2.75, 3.05) is 13.1 Å². The van der Waals surface area contributed by atoms with Crippen molar-refractivity contribution in [2.24, 2.45) is 11.8 Å². The maximum Gasteiger partial charge on any atom is 0.223 e. The van der Waals surface area contributed by atoms with Gasteiger partial charge in [-0.15, -0.1) is 0 Å². The smallest absolute Gasteiger partial charge is 0.223 e. The lowest BCUT2D eigenvalue weighted by atomic mass is 9.84. The monoisotopic (exact) mass is 238 g/mol. The first kappa shape index (κ1) is 12.9. The molecule has 0 aromatic rings. The van der Waals surface area contributed by atoms with E-state index >= 15 is 0 Å². The maximum atomic E-state index is 11.4. The SMILES string of the molecule is CCC1CCCC(NCCNC(=O)C2CC2)C1. The standard InChI is InChI=1S/C14H26N2O/c1-2-11-4-3-5-13(10-11)15-8-9-16-14(17)12-6-7-12/h11-13,15H,2-10H2,1H3,(H,16,17). The summed E-state index contributed by atoms with van der Waals surface area (Å²) in [5, 5.41) is 6.59. The molecular weight excluding hydrogens is 212 g/mol. The molecule has 0 aromatic carbocycles. The van der Waals surface area contributed by atoms with Crippen LogP contribution in [0.3, 0.4) is 0 Å². The molecule has 2 saturated carbocycles. The van der Waals surface area contributed by atoms with Crippen LogP contribution in [0.2, 0.25) is 0 Å². The summed E-state index contributed by atoms with van der Waals surface area (Å²) < 4.78 is 0. The van der Waals surface area contributed by atoms with Gasteiger partial charge in [0.05, 0.1) is 0 Å². The van der Waals surface area contributed by atoms with Gasteiger partial charge in [-0.3, -0.25) is 4.79 Å². The Bertz CT molecular complexity index is 251. The van der Waals surface area contributed by atoms with Crippen LogP contribution in [0.4, 0.5) is 0 Å². The fourth-order valence-corrected chi connectivity index (χ4v) is 2.80. The molecular formula is C14H26N2O. The Morgan fingerprint density at radius 3 is 2.71 bits per heavy atom. The van der Waals surface area contributed by atoms with E-state index in [9.17, 15) is 4.79 Å². The van der Waals surface area contributed by atoms with E-state index < -0.39 is 0 Å². The van der Waals surface area contributed by atoms with Gasteiger partial charge in [-0.05, 0) is 31.6 Å². The first-order valence-electron chi connectivity index (χ1n) is 7.30. The van der Waals surface area contributed by atoms with Crippen molar-refractivity contribution in [1.82, 2.24) is 10.6 Å². The molecule has 2 unspecified atom stereocenters. The maximum absolute atomic E-state index is 11.4. The minimum absolute atomic E-state index is 0.266. The number of carbonyl (C=O) groups is 1. The van der Waals surface area contributed by atoms with Crippen LogP contribution < -0.4 is 10.6 Å². The number of nitrogens with one attached hydrogen (secondary N) is 2. The van der Waals surface area contributed by atoms with Crippen LogP contribution in [0.5, 0.6) is 0 Å². The summed E-state index contributed by atoms with van der Waals surface area (Å²) in [5.74, 6) is 1.53. The second kappa shape index (κ2) is 6.39.